The van der Waals surface area contributed by atoms with E-state index < -0.39 is 0 Å². The summed E-state index contributed by atoms with van der Waals surface area (Å²) in [5.74, 6) is -0.168. The molecule has 1 aliphatic rings. The minimum Gasteiger partial charge on any atom is -0.308 e. The minimum absolute atomic E-state index is 0.161. The van der Waals surface area contributed by atoms with Crippen LogP contribution in [-0.4, -0.2) is 16.4 Å². The third-order valence-electron chi connectivity index (χ3n) is 9.23. The number of benzene rings is 4. The molecular weight excluding hydrogens is 540 g/mol. The summed E-state index contributed by atoms with van der Waals surface area (Å²) in [4.78, 5) is 30.2. The van der Waals surface area contributed by atoms with Gasteiger partial charge in [0.2, 0.25) is 0 Å². The summed E-state index contributed by atoms with van der Waals surface area (Å²) >= 11 is 0. The number of imide groups is 1. The van der Waals surface area contributed by atoms with Gasteiger partial charge in [0, 0.05) is 10.8 Å². The largest absolute Gasteiger partial charge is 0.308 e. The van der Waals surface area contributed by atoms with Crippen molar-refractivity contribution in [1.29, 1.82) is 0 Å². The van der Waals surface area contributed by atoms with E-state index in [0.29, 0.717) is 11.1 Å². The predicted molar refractivity (Wildman–Crippen MR) is 184 cm³/mol. The number of carbonyl (C=O) groups is 2. The average Bonchev–Trinajstić information content (AvgIpc) is 3.48. The molecule has 4 nitrogen and oxygen atoms in total. The molecule has 1 aliphatic heterocycles. The van der Waals surface area contributed by atoms with Crippen LogP contribution in [0.15, 0.2) is 72.8 Å². The van der Waals surface area contributed by atoms with E-state index in [-0.39, 0.29) is 23.7 Å². The van der Waals surface area contributed by atoms with E-state index in [4.69, 9.17) is 0 Å². The van der Waals surface area contributed by atoms with Gasteiger partial charge in [-0.1, -0.05) is 90.8 Å². The number of aryl methyl sites for hydroxylation is 2. The lowest BCUT2D eigenvalue weighted by atomic mass is 9.92. The lowest BCUT2D eigenvalue weighted by Crippen LogP contribution is -2.32. The van der Waals surface area contributed by atoms with E-state index in [0.717, 1.165) is 72.1 Å². The van der Waals surface area contributed by atoms with Crippen LogP contribution < -0.4 is 4.90 Å². The molecule has 0 aliphatic carbocycles. The fourth-order valence-corrected chi connectivity index (χ4v) is 6.88. The molecule has 0 spiro atoms. The summed E-state index contributed by atoms with van der Waals surface area (Å²) in [5, 5.41) is 2.40. The molecule has 0 N–H and O–H groups in total. The highest BCUT2D eigenvalue weighted by Crippen LogP contribution is 2.42. The molecule has 0 radical (unpaired) electrons. The maximum Gasteiger partial charge on any atom is 0.268 e. The summed E-state index contributed by atoms with van der Waals surface area (Å²) in [6.45, 7) is 12.9. The van der Waals surface area contributed by atoms with Crippen LogP contribution in [0, 0.1) is 0 Å². The molecule has 0 saturated carbocycles. The van der Waals surface area contributed by atoms with Crippen molar-refractivity contribution in [2.24, 2.45) is 0 Å². The Morgan fingerprint density at radius 3 is 1.66 bits per heavy atom. The van der Waals surface area contributed by atoms with Crippen molar-refractivity contribution >= 4 is 39.3 Å². The van der Waals surface area contributed by atoms with Crippen LogP contribution in [0.3, 0.4) is 0 Å². The van der Waals surface area contributed by atoms with Gasteiger partial charge >= 0.3 is 0 Å². The van der Waals surface area contributed by atoms with E-state index in [2.05, 4.69) is 94.6 Å². The van der Waals surface area contributed by atoms with E-state index in [1.54, 1.807) is 0 Å². The van der Waals surface area contributed by atoms with Gasteiger partial charge in [0.05, 0.1) is 33.5 Å². The third-order valence-corrected chi connectivity index (χ3v) is 9.23. The first-order valence-corrected chi connectivity index (χ1v) is 16.5. The van der Waals surface area contributed by atoms with Gasteiger partial charge in [-0.05, 0) is 96.2 Å². The number of aromatic nitrogens is 1. The zero-order valence-corrected chi connectivity index (χ0v) is 27.0. The molecule has 0 fully saturated rings. The van der Waals surface area contributed by atoms with Crippen LogP contribution in [0.4, 0.5) is 5.69 Å². The van der Waals surface area contributed by atoms with Crippen molar-refractivity contribution in [3.63, 3.8) is 0 Å². The Kier molecular flexibility index (Phi) is 8.20. The fraction of sp³-hybridized carbons (Fsp3) is 0.350. The van der Waals surface area contributed by atoms with Gasteiger partial charge in [0.15, 0.2) is 0 Å². The molecule has 2 amide bonds. The average molecular weight is 585 g/mol. The molecule has 5 aromatic rings. The summed E-state index contributed by atoms with van der Waals surface area (Å²) < 4.78 is 2.21. The molecule has 0 bridgehead atoms. The smallest absolute Gasteiger partial charge is 0.268 e. The number of fused-ring (bicyclic) bond motifs is 4. The lowest BCUT2D eigenvalue weighted by molar-refractivity contribution is 0.0925. The second-order valence-electron chi connectivity index (χ2n) is 13.0. The Bertz CT molecular complexity index is 1800. The van der Waals surface area contributed by atoms with Gasteiger partial charge in [0.1, 0.15) is 0 Å². The van der Waals surface area contributed by atoms with Crippen molar-refractivity contribution < 1.29 is 9.59 Å². The minimum atomic E-state index is -0.246. The maximum atomic E-state index is 14.6. The highest BCUT2D eigenvalue weighted by molar-refractivity contribution is 6.36. The van der Waals surface area contributed by atoms with E-state index in [1.165, 1.54) is 26.8 Å². The van der Waals surface area contributed by atoms with Crippen molar-refractivity contribution in [2.45, 2.75) is 91.9 Å². The molecule has 0 unspecified atom stereocenters. The first kappa shape index (κ1) is 29.9. The van der Waals surface area contributed by atoms with Crippen molar-refractivity contribution in [3.8, 4) is 5.69 Å². The molecule has 226 valence electrons. The number of unbranched alkanes of at least 4 members (excludes halogenated alkanes) is 2. The zero-order valence-electron chi connectivity index (χ0n) is 27.0. The Morgan fingerprint density at radius 2 is 1.16 bits per heavy atom. The Hall–Kier alpha value is -4.18. The standard InChI is InChI=1S/C40H44N2O2/c1-7-9-13-27-19-21-34-32(23-27)33-24-28(14-10-8-2)20-22-35(33)41(34)36-18-12-17-31-37(36)40(44)42(39(31)43)38-29(25(3)4)15-11-16-30(38)26(5)6/h11-12,15-26H,7-10,13-14H2,1-6H3. The SMILES string of the molecule is CCCCc1ccc2c(c1)c1cc(CCCC)ccc1n2-c1cccc2c1C(=O)N(c1c(C(C)C)cccc1C(C)C)C2=O. The van der Waals surface area contributed by atoms with Gasteiger partial charge in [0.25, 0.3) is 11.8 Å². The number of hydrogen-bond donors (Lipinski definition) is 0. The Balaban J connectivity index is 1.58. The van der Waals surface area contributed by atoms with Crippen molar-refractivity contribution in [2.75, 3.05) is 4.90 Å². The molecule has 4 aromatic carbocycles. The fourth-order valence-electron chi connectivity index (χ4n) is 6.88. The van der Waals surface area contributed by atoms with Crippen LogP contribution in [0.1, 0.15) is 122 Å². The molecule has 2 heterocycles. The number of hydrogen-bond acceptors (Lipinski definition) is 2. The van der Waals surface area contributed by atoms with Crippen molar-refractivity contribution in [1.82, 2.24) is 4.57 Å². The zero-order chi connectivity index (χ0) is 31.1. The third kappa shape index (κ3) is 4.95. The molecule has 0 saturated heterocycles. The quantitative estimate of drug-likeness (QED) is 0.153. The Morgan fingerprint density at radius 1 is 0.636 bits per heavy atom. The van der Waals surface area contributed by atoms with E-state index >= 15 is 0 Å². The Labute approximate surface area is 261 Å². The van der Waals surface area contributed by atoms with Crippen LogP contribution >= 0.6 is 0 Å². The number of nitrogens with zero attached hydrogens (tertiary/aromatic N) is 2. The summed E-state index contributed by atoms with van der Waals surface area (Å²) in [6, 6.07) is 25.4. The van der Waals surface area contributed by atoms with Gasteiger partial charge in [-0.3, -0.25) is 9.59 Å². The van der Waals surface area contributed by atoms with Crippen LogP contribution in [-0.2, 0) is 12.8 Å². The molecule has 6 rings (SSSR count). The topological polar surface area (TPSA) is 42.3 Å². The van der Waals surface area contributed by atoms with Crippen LogP contribution in [0.5, 0.6) is 0 Å². The van der Waals surface area contributed by atoms with Gasteiger partial charge in [-0.2, -0.15) is 0 Å². The maximum absolute atomic E-state index is 14.6. The van der Waals surface area contributed by atoms with E-state index in [9.17, 15) is 9.59 Å². The van der Waals surface area contributed by atoms with Gasteiger partial charge < -0.3 is 4.57 Å². The summed E-state index contributed by atoms with van der Waals surface area (Å²) in [5.41, 5.74) is 9.28. The first-order valence-electron chi connectivity index (χ1n) is 16.5. The number of para-hydroxylation sites is 1. The number of carbonyl (C=O) groups excluding carboxylic acids is 2. The van der Waals surface area contributed by atoms with Gasteiger partial charge in [-0.15, -0.1) is 0 Å². The summed E-state index contributed by atoms with van der Waals surface area (Å²) in [7, 11) is 0. The second-order valence-corrected chi connectivity index (χ2v) is 13.0. The summed E-state index contributed by atoms with van der Waals surface area (Å²) in [6.07, 6.45) is 6.71. The predicted octanol–water partition coefficient (Wildman–Crippen LogP) is 10.5. The molecule has 4 heteroatoms. The highest BCUT2D eigenvalue weighted by Gasteiger charge is 2.41. The van der Waals surface area contributed by atoms with Crippen molar-refractivity contribution in [3.05, 3.63) is 106 Å². The van der Waals surface area contributed by atoms with Gasteiger partial charge in [-0.25, -0.2) is 4.90 Å². The van der Waals surface area contributed by atoms with Crippen LogP contribution in [0.2, 0.25) is 0 Å². The highest BCUT2D eigenvalue weighted by atomic mass is 16.2. The normalized spacial score (nSPS) is 13.3. The molecule has 44 heavy (non-hydrogen) atoms. The molecular formula is C40H44N2O2. The monoisotopic (exact) mass is 584 g/mol. The first-order chi connectivity index (χ1) is 21.3. The molecule has 0 atom stereocenters. The van der Waals surface area contributed by atoms with Crippen LogP contribution in [0.25, 0.3) is 27.5 Å². The second kappa shape index (κ2) is 12.1. The van der Waals surface area contributed by atoms with E-state index in [1.807, 2.05) is 24.3 Å². The number of rotatable bonds is 10. The number of anilines is 1. The lowest BCUT2D eigenvalue weighted by Gasteiger charge is -2.25. The molecule has 1 aromatic heterocycles. The number of amides is 2.